The topological polar surface area (TPSA) is 84.0 Å². The quantitative estimate of drug-likeness (QED) is 0.554. The van der Waals surface area contributed by atoms with Crippen LogP contribution in [0.1, 0.15) is 6.92 Å². The molecule has 76 valence electrons. The molecule has 1 aliphatic rings. The molecule has 7 heteroatoms. The van der Waals surface area contributed by atoms with Crippen molar-refractivity contribution in [2.75, 3.05) is 5.75 Å². The van der Waals surface area contributed by atoms with Crippen LogP contribution in [0.25, 0.3) is 0 Å². The van der Waals surface area contributed by atoms with Crippen molar-refractivity contribution in [2.24, 2.45) is 5.73 Å². The van der Waals surface area contributed by atoms with Crippen LogP contribution < -0.4 is 5.73 Å². The molecule has 0 aromatic rings. The fourth-order valence-electron chi connectivity index (χ4n) is 1.03. The fraction of sp³-hybridized carbons (Fsp3) is 0.500. The summed E-state index contributed by atoms with van der Waals surface area (Å²) < 4.78 is 22.1. The molecule has 0 bridgehead atoms. The van der Waals surface area contributed by atoms with Crippen molar-refractivity contribution in [1.29, 1.82) is 5.41 Å². The standard InChI is InChI=1S/C6H10N2O2S2.BrH/c1-4-2-12(9,10)3-5(4)11-6(7)8;/h2,5H,3H2,1H3,(H3,7,8);1H. The number of nitrogens with one attached hydrogen (secondary N) is 1. The first-order chi connectivity index (χ1) is 5.41. The Kier molecular flexibility index (Phi) is 4.47. The molecule has 1 unspecified atom stereocenters. The van der Waals surface area contributed by atoms with Crippen LogP contribution in [0.2, 0.25) is 0 Å². The lowest BCUT2D eigenvalue weighted by Crippen LogP contribution is -2.16. The minimum atomic E-state index is -3.03. The van der Waals surface area contributed by atoms with E-state index in [0.29, 0.717) is 0 Å². The lowest BCUT2D eigenvalue weighted by atomic mass is 10.3. The van der Waals surface area contributed by atoms with Gasteiger partial charge in [0.1, 0.15) is 0 Å². The van der Waals surface area contributed by atoms with E-state index < -0.39 is 9.84 Å². The molecule has 0 fully saturated rings. The molecule has 0 aromatic heterocycles. The van der Waals surface area contributed by atoms with Gasteiger partial charge in [0.15, 0.2) is 15.0 Å². The first-order valence-corrected chi connectivity index (χ1v) is 5.92. The molecular weight excluding hydrogens is 276 g/mol. The van der Waals surface area contributed by atoms with Gasteiger partial charge in [-0.05, 0) is 12.5 Å². The Bertz CT molecular complexity index is 337. The Morgan fingerprint density at radius 1 is 1.77 bits per heavy atom. The normalized spacial score (nSPS) is 24.7. The molecule has 1 atom stereocenters. The molecule has 0 radical (unpaired) electrons. The molecular formula is C6H11BrN2O2S2. The zero-order chi connectivity index (χ0) is 9.35. The number of sulfone groups is 1. The van der Waals surface area contributed by atoms with Gasteiger partial charge < -0.3 is 5.73 Å². The summed E-state index contributed by atoms with van der Waals surface area (Å²) in [5, 5.41) is 8.06. The second-order valence-corrected chi connectivity index (χ2v) is 5.80. The van der Waals surface area contributed by atoms with Crippen LogP contribution in [0.5, 0.6) is 0 Å². The summed E-state index contributed by atoms with van der Waals surface area (Å²) in [5.41, 5.74) is 5.92. The molecule has 1 aliphatic heterocycles. The predicted octanol–water partition coefficient (Wildman–Crippen LogP) is 0.892. The van der Waals surface area contributed by atoms with Crippen molar-refractivity contribution >= 4 is 43.7 Å². The molecule has 3 N–H and O–H groups in total. The summed E-state index contributed by atoms with van der Waals surface area (Å²) in [6, 6.07) is 0. The molecule has 1 heterocycles. The third kappa shape index (κ3) is 3.70. The van der Waals surface area contributed by atoms with Crippen LogP contribution >= 0.6 is 28.7 Å². The van der Waals surface area contributed by atoms with Crippen LogP contribution in [0, 0.1) is 5.41 Å². The molecule has 0 aromatic carbocycles. The van der Waals surface area contributed by atoms with Gasteiger partial charge in [0, 0.05) is 10.7 Å². The lowest BCUT2D eigenvalue weighted by Gasteiger charge is -2.06. The van der Waals surface area contributed by atoms with Gasteiger partial charge in [0.25, 0.3) is 0 Å². The first-order valence-electron chi connectivity index (χ1n) is 3.32. The number of nitrogens with two attached hydrogens (primary N) is 1. The summed E-state index contributed by atoms with van der Waals surface area (Å²) in [6.07, 6.45) is 0. The minimum absolute atomic E-state index is 0. The van der Waals surface area contributed by atoms with E-state index in [1.165, 1.54) is 5.41 Å². The van der Waals surface area contributed by atoms with Crippen LogP contribution in [0.3, 0.4) is 0 Å². The zero-order valence-corrected chi connectivity index (χ0v) is 10.3. The molecule has 0 amide bonds. The SMILES string of the molecule is Br.CC1=CS(=O)(=O)CC1SC(=N)N. The van der Waals surface area contributed by atoms with E-state index in [4.69, 9.17) is 11.1 Å². The fourth-order valence-corrected chi connectivity index (χ4v) is 4.03. The van der Waals surface area contributed by atoms with Crippen LogP contribution in [0.4, 0.5) is 0 Å². The minimum Gasteiger partial charge on any atom is -0.379 e. The maximum atomic E-state index is 11.0. The third-order valence-corrected chi connectivity index (χ3v) is 4.34. The van der Waals surface area contributed by atoms with E-state index in [0.717, 1.165) is 17.3 Å². The molecule has 13 heavy (non-hydrogen) atoms. The Morgan fingerprint density at radius 2 is 2.31 bits per heavy atom. The maximum absolute atomic E-state index is 11.0. The average Bonchev–Trinajstić information content (AvgIpc) is 2.03. The largest absolute Gasteiger partial charge is 0.379 e. The van der Waals surface area contributed by atoms with Gasteiger partial charge in [-0.2, -0.15) is 0 Å². The van der Waals surface area contributed by atoms with E-state index in [9.17, 15) is 8.42 Å². The van der Waals surface area contributed by atoms with Gasteiger partial charge in [-0.25, -0.2) is 8.42 Å². The van der Waals surface area contributed by atoms with Crippen molar-refractivity contribution in [3.63, 3.8) is 0 Å². The molecule has 0 saturated heterocycles. The van der Waals surface area contributed by atoms with Crippen LogP contribution in [-0.2, 0) is 9.84 Å². The van der Waals surface area contributed by atoms with Gasteiger partial charge in [0.05, 0.1) is 5.75 Å². The van der Waals surface area contributed by atoms with Crippen molar-refractivity contribution in [2.45, 2.75) is 12.2 Å². The Balaban J connectivity index is 0.00000144. The van der Waals surface area contributed by atoms with Gasteiger partial charge >= 0.3 is 0 Å². The number of halogens is 1. The van der Waals surface area contributed by atoms with Crippen molar-refractivity contribution in [3.8, 4) is 0 Å². The Morgan fingerprint density at radius 3 is 2.62 bits per heavy atom. The van der Waals surface area contributed by atoms with Crippen molar-refractivity contribution < 1.29 is 8.42 Å². The van der Waals surface area contributed by atoms with E-state index in [2.05, 4.69) is 0 Å². The van der Waals surface area contributed by atoms with E-state index >= 15 is 0 Å². The highest BCUT2D eigenvalue weighted by atomic mass is 79.9. The smallest absolute Gasteiger partial charge is 0.173 e. The second-order valence-electron chi connectivity index (χ2n) is 2.66. The summed E-state index contributed by atoms with van der Waals surface area (Å²) in [6.45, 7) is 1.74. The number of hydrogen-bond acceptors (Lipinski definition) is 4. The Labute approximate surface area is 92.2 Å². The first kappa shape index (κ1) is 13.0. The summed E-state index contributed by atoms with van der Waals surface area (Å²) in [5.74, 6) is 0.0725. The van der Waals surface area contributed by atoms with Gasteiger partial charge in [-0.15, -0.1) is 17.0 Å². The van der Waals surface area contributed by atoms with Crippen LogP contribution in [0.15, 0.2) is 11.0 Å². The Hall–Kier alpha value is -0.0100. The van der Waals surface area contributed by atoms with Gasteiger partial charge in [0.2, 0.25) is 0 Å². The molecule has 4 nitrogen and oxygen atoms in total. The third-order valence-electron chi connectivity index (χ3n) is 1.53. The zero-order valence-electron chi connectivity index (χ0n) is 6.98. The van der Waals surface area contributed by atoms with Crippen LogP contribution in [-0.4, -0.2) is 24.6 Å². The van der Waals surface area contributed by atoms with E-state index in [1.807, 2.05) is 0 Å². The second kappa shape index (κ2) is 4.47. The maximum Gasteiger partial charge on any atom is 0.173 e. The van der Waals surface area contributed by atoms with E-state index in [-0.39, 0.29) is 33.2 Å². The summed E-state index contributed by atoms with van der Waals surface area (Å²) in [4.78, 5) is 0. The lowest BCUT2D eigenvalue weighted by molar-refractivity contribution is 0.606. The number of amidine groups is 1. The van der Waals surface area contributed by atoms with E-state index in [1.54, 1.807) is 6.92 Å². The predicted molar refractivity (Wildman–Crippen MR) is 61.2 cm³/mol. The van der Waals surface area contributed by atoms with Crippen molar-refractivity contribution in [1.82, 2.24) is 0 Å². The number of hydrogen-bond donors (Lipinski definition) is 2. The summed E-state index contributed by atoms with van der Waals surface area (Å²) in [7, 11) is -3.03. The molecule has 0 aliphatic carbocycles. The number of thioether (sulfide) groups is 1. The van der Waals surface area contributed by atoms with Crippen molar-refractivity contribution in [3.05, 3.63) is 11.0 Å². The average molecular weight is 287 g/mol. The summed E-state index contributed by atoms with van der Waals surface area (Å²) >= 11 is 1.09. The van der Waals surface area contributed by atoms with Gasteiger partial charge in [-0.3, -0.25) is 5.41 Å². The molecule has 0 saturated carbocycles. The molecule has 1 rings (SSSR count). The highest BCUT2D eigenvalue weighted by Gasteiger charge is 2.27. The monoisotopic (exact) mass is 286 g/mol. The highest BCUT2D eigenvalue weighted by Crippen LogP contribution is 2.27. The van der Waals surface area contributed by atoms with Gasteiger partial charge in [-0.1, -0.05) is 11.8 Å². The number of rotatable bonds is 1. The highest BCUT2D eigenvalue weighted by molar-refractivity contribution is 8.93. The molecule has 0 spiro atoms.